The van der Waals surface area contributed by atoms with Gasteiger partial charge in [-0.25, -0.2) is 4.98 Å². The fourth-order valence-electron chi connectivity index (χ4n) is 1.85. The monoisotopic (exact) mass is 233 g/mol. The van der Waals surface area contributed by atoms with Gasteiger partial charge in [0.05, 0.1) is 11.9 Å². The number of carboxylic acids is 1. The number of nitrogens with zero attached hydrogens (tertiary/aromatic N) is 1. The van der Waals surface area contributed by atoms with Crippen LogP contribution in [0.25, 0.3) is 11.3 Å². The molecule has 17 heavy (non-hydrogen) atoms. The maximum Gasteiger partial charge on any atom is 0.314 e. The van der Waals surface area contributed by atoms with Crippen molar-refractivity contribution >= 4 is 5.97 Å². The fourth-order valence-corrected chi connectivity index (χ4v) is 1.85. The van der Waals surface area contributed by atoms with Crippen LogP contribution >= 0.6 is 0 Å². The lowest BCUT2D eigenvalue weighted by Gasteiger charge is -2.12. The van der Waals surface area contributed by atoms with Crippen molar-refractivity contribution in [3.8, 4) is 11.3 Å². The number of aromatic nitrogens is 3. The molecule has 0 radical (unpaired) electrons. The lowest BCUT2D eigenvalue weighted by Crippen LogP contribution is -2.18. The number of rotatable bonds is 4. The molecule has 0 aliphatic carbocycles. The summed E-state index contributed by atoms with van der Waals surface area (Å²) in [6, 6.07) is 1.91. The Hall–Kier alpha value is -2.04. The van der Waals surface area contributed by atoms with Crippen LogP contribution in [-0.4, -0.2) is 26.0 Å². The predicted molar refractivity (Wildman–Crippen MR) is 63.6 cm³/mol. The molecule has 0 bridgehead atoms. The van der Waals surface area contributed by atoms with Crippen molar-refractivity contribution in [2.24, 2.45) is 5.92 Å². The second-order valence-corrected chi connectivity index (χ2v) is 4.34. The second kappa shape index (κ2) is 4.45. The molecule has 0 fully saturated rings. The minimum atomic E-state index is -0.852. The number of hydrogen-bond acceptors (Lipinski definition) is 2. The Morgan fingerprint density at radius 1 is 1.47 bits per heavy atom. The zero-order valence-electron chi connectivity index (χ0n) is 9.77. The zero-order valence-corrected chi connectivity index (χ0v) is 9.77. The van der Waals surface area contributed by atoms with Crippen LogP contribution in [0.4, 0.5) is 0 Å². The van der Waals surface area contributed by atoms with Crippen LogP contribution in [0.2, 0.25) is 0 Å². The Kier molecular flexibility index (Phi) is 2.99. The summed E-state index contributed by atoms with van der Waals surface area (Å²) in [4.78, 5) is 21.4. The molecule has 3 N–H and O–H groups in total. The van der Waals surface area contributed by atoms with Gasteiger partial charge < -0.3 is 15.1 Å². The Morgan fingerprint density at radius 2 is 2.24 bits per heavy atom. The van der Waals surface area contributed by atoms with E-state index >= 15 is 0 Å². The van der Waals surface area contributed by atoms with E-state index in [-0.39, 0.29) is 5.92 Å². The van der Waals surface area contributed by atoms with Crippen molar-refractivity contribution in [2.75, 3.05) is 0 Å². The van der Waals surface area contributed by atoms with E-state index in [1.165, 1.54) is 0 Å². The van der Waals surface area contributed by atoms with Crippen molar-refractivity contribution in [3.63, 3.8) is 0 Å². The summed E-state index contributed by atoms with van der Waals surface area (Å²) in [7, 11) is 0. The molecule has 0 spiro atoms. The number of nitrogens with one attached hydrogen (secondary N) is 2. The highest BCUT2D eigenvalue weighted by atomic mass is 16.4. The fraction of sp³-hybridized carbons (Fsp3) is 0.333. The van der Waals surface area contributed by atoms with Gasteiger partial charge in [-0.1, -0.05) is 13.8 Å². The molecule has 1 atom stereocenters. The summed E-state index contributed by atoms with van der Waals surface area (Å²) in [6.45, 7) is 3.74. The van der Waals surface area contributed by atoms with Gasteiger partial charge in [-0.05, 0) is 12.0 Å². The number of carboxylic acid groups (broad SMARTS) is 1. The first kappa shape index (κ1) is 11.4. The Balaban J connectivity index is 2.31. The van der Waals surface area contributed by atoms with Crippen LogP contribution in [0.15, 0.2) is 24.7 Å². The number of carbonyl (C=O) groups is 1. The highest BCUT2D eigenvalue weighted by Crippen LogP contribution is 2.25. The van der Waals surface area contributed by atoms with Crippen LogP contribution in [0, 0.1) is 5.92 Å². The van der Waals surface area contributed by atoms with Gasteiger partial charge >= 0.3 is 5.97 Å². The third-order valence-corrected chi connectivity index (χ3v) is 2.73. The molecule has 0 aliphatic rings. The topological polar surface area (TPSA) is 81.8 Å². The first-order valence-electron chi connectivity index (χ1n) is 5.50. The van der Waals surface area contributed by atoms with Gasteiger partial charge in [-0.3, -0.25) is 4.79 Å². The molecule has 0 saturated heterocycles. The molecule has 2 aromatic rings. The largest absolute Gasteiger partial charge is 0.481 e. The molecule has 5 heteroatoms. The van der Waals surface area contributed by atoms with Gasteiger partial charge in [0, 0.05) is 18.0 Å². The molecule has 0 amide bonds. The Bertz CT molecular complexity index is 500. The van der Waals surface area contributed by atoms with Crippen LogP contribution < -0.4 is 0 Å². The Morgan fingerprint density at radius 3 is 2.76 bits per heavy atom. The number of H-pyrrole nitrogens is 2. The van der Waals surface area contributed by atoms with Gasteiger partial charge in [0.2, 0.25) is 0 Å². The maximum atomic E-state index is 11.2. The molecular weight excluding hydrogens is 218 g/mol. The van der Waals surface area contributed by atoms with Crippen molar-refractivity contribution in [3.05, 3.63) is 30.5 Å². The molecule has 2 rings (SSSR count). The first-order chi connectivity index (χ1) is 8.09. The number of imidazole rings is 1. The average Bonchev–Trinajstić information content (AvgIpc) is 2.83. The molecule has 5 nitrogen and oxygen atoms in total. The molecule has 90 valence electrons. The smallest absolute Gasteiger partial charge is 0.314 e. The number of hydrogen-bond donors (Lipinski definition) is 3. The predicted octanol–water partition coefficient (Wildman–Crippen LogP) is 2.23. The van der Waals surface area contributed by atoms with E-state index < -0.39 is 11.9 Å². The summed E-state index contributed by atoms with van der Waals surface area (Å²) >= 11 is 0. The summed E-state index contributed by atoms with van der Waals surface area (Å²) in [6.07, 6.45) is 5.31. The summed E-state index contributed by atoms with van der Waals surface area (Å²) in [5.41, 5.74) is 1.80. The van der Waals surface area contributed by atoms with E-state index in [4.69, 9.17) is 0 Å². The summed E-state index contributed by atoms with van der Waals surface area (Å²) in [5, 5.41) is 9.17. The minimum Gasteiger partial charge on any atom is -0.481 e. The molecule has 0 aliphatic heterocycles. The highest BCUT2D eigenvalue weighted by molar-refractivity contribution is 5.75. The van der Waals surface area contributed by atoms with Crippen LogP contribution in [-0.2, 0) is 4.79 Å². The van der Waals surface area contributed by atoms with Crippen LogP contribution in [0.3, 0.4) is 0 Å². The van der Waals surface area contributed by atoms with Gasteiger partial charge in [-0.15, -0.1) is 0 Å². The van der Waals surface area contributed by atoms with E-state index in [1.807, 2.05) is 32.3 Å². The molecule has 0 aromatic carbocycles. The summed E-state index contributed by atoms with van der Waals surface area (Å²) < 4.78 is 0. The zero-order chi connectivity index (χ0) is 12.4. The van der Waals surface area contributed by atoms with Gasteiger partial charge in [-0.2, -0.15) is 0 Å². The quantitative estimate of drug-likeness (QED) is 0.757. The van der Waals surface area contributed by atoms with E-state index in [0.717, 1.165) is 11.3 Å². The van der Waals surface area contributed by atoms with Crippen LogP contribution in [0.1, 0.15) is 25.6 Å². The van der Waals surface area contributed by atoms with Crippen molar-refractivity contribution in [2.45, 2.75) is 19.8 Å². The summed E-state index contributed by atoms with van der Waals surface area (Å²) in [5.74, 6) is -0.945. The van der Waals surface area contributed by atoms with Crippen molar-refractivity contribution in [1.29, 1.82) is 0 Å². The molecule has 0 saturated carbocycles. The Labute approximate surface area is 98.9 Å². The van der Waals surface area contributed by atoms with Crippen LogP contribution in [0.5, 0.6) is 0 Å². The van der Waals surface area contributed by atoms with Gasteiger partial charge in [0.1, 0.15) is 11.7 Å². The number of aliphatic carboxylic acids is 1. The third-order valence-electron chi connectivity index (χ3n) is 2.73. The average molecular weight is 233 g/mol. The minimum absolute atomic E-state index is 0.00211. The first-order valence-corrected chi connectivity index (χ1v) is 5.50. The molecule has 2 aromatic heterocycles. The van der Waals surface area contributed by atoms with Crippen molar-refractivity contribution < 1.29 is 9.90 Å². The van der Waals surface area contributed by atoms with E-state index in [9.17, 15) is 9.90 Å². The maximum absolute atomic E-state index is 11.2. The lowest BCUT2D eigenvalue weighted by molar-refractivity contribution is -0.140. The lowest BCUT2D eigenvalue weighted by atomic mass is 9.95. The molecular formula is C12H15N3O2. The second-order valence-electron chi connectivity index (χ2n) is 4.34. The van der Waals surface area contributed by atoms with Gasteiger partial charge in [0.15, 0.2) is 0 Å². The number of aromatic amines is 2. The third kappa shape index (κ3) is 2.22. The van der Waals surface area contributed by atoms with Gasteiger partial charge in [0.25, 0.3) is 0 Å². The van der Waals surface area contributed by atoms with Crippen molar-refractivity contribution in [1.82, 2.24) is 15.0 Å². The molecule has 1 unspecified atom stereocenters. The van der Waals surface area contributed by atoms with E-state index in [2.05, 4.69) is 15.0 Å². The standard InChI is InChI=1S/C12H15N3O2/c1-7(2)10(12(16)17)11-14-6-9(15-11)8-3-4-13-5-8/h3-7,10,13H,1-2H3,(H,14,15)(H,16,17). The van der Waals surface area contributed by atoms with E-state index in [0.29, 0.717) is 5.82 Å². The normalized spacial score (nSPS) is 12.9. The SMILES string of the molecule is CC(C)C(C(=O)O)c1ncc(-c2cc[nH]c2)[nH]1. The highest BCUT2D eigenvalue weighted by Gasteiger charge is 2.26. The van der Waals surface area contributed by atoms with E-state index in [1.54, 1.807) is 6.20 Å². The molecule has 2 heterocycles.